The Balaban J connectivity index is 0.000000192. The Labute approximate surface area is 778 Å². The summed E-state index contributed by atoms with van der Waals surface area (Å²) in [6.07, 6.45) is 11.9. The highest BCUT2D eigenvalue weighted by Gasteiger charge is 2.23. The van der Waals surface area contributed by atoms with Crippen LogP contribution in [0.1, 0.15) is 146 Å². The average molecular weight is 1850 g/mol. The first kappa shape index (κ1) is 106. The van der Waals surface area contributed by atoms with Gasteiger partial charge in [-0.05, 0) is 241 Å². The zero-order valence-corrected chi connectivity index (χ0v) is 78.0. The molecule has 0 aromatic heterocycles. The van der Waals surface area contributed by atoms with E-state index in [2.05, 4.69) is 13.8 Å². The van der Waals surface area contributed by atoms with Crippen LogP contribution in [0.5, 0.6) is 34.5 Å². The van der Waals surface area contributed by atoms with E-state index in [1.807, 2.05) is 163 Å². The monoisotopic (exact) mass is 1840 g/mol. The van der Waals surface area contributed by atoms with Crippen molar-refractivity contribution >= 4 is 6.08 Å². The molecule has 14 aromatic rings. The van der Waals surface area contributed by atoms with Crippen LogP contribution in [0.15, 0.2) is 261 Å². The molecule has 0 atom stereocenters. The minimum Gasteiger partial charge on any atom is -0.491 e. The molecule has 0 spiro atoms. The van der Waals surface area contributed by atoms with Gasteiger partial charge in [0.1, 0.15) is 0 Å². The van der Waals surface area contributed by atoms with Crippen LogP contribution in [0.4, 0.5) is 61.5 Å². The van der Waals surface area contributed by atoms with Gasteiger partial charge in [0, 0.05) is 38.9 Å². The summed E-state index contributed by atoms with van der Waals surface area (Å²) in [6.45, 7) is 28.2. The van der Waals surface area contributed by atoms with Crippen LogP contribution < -0.4 is 28.4 Å². The van der Waals surface area contributed by atoms with Crippen LogP contribution in [0.2, 0.25) is 0 Å². The third-order valence-corrected chi connectivity index (χ3v) is 21.0. The van der Waals surface area contributed by atoms with Gasteiger partial charge in [0.05, 0.1) is 39.6 Å². The maximum Gasteiger partial charge on any atom is 0.201 e. The molecule has 14 rings (SSSR count). The van der Waals surface area contributed by atoms with Crippen LogP contribution in [-0.2, 0) is 19.3 Å². The summed E-state index contributed by atoms with van der Waals surface area (Å²) < 4.78 is 225. The summed E-state index contributed by atoms with van der Waals surface area (Å²) in [5, 5.41) is 0. The Kier molecular flexibility index (Phi) is 42.7. The van der Waals surface area contributed by atoms with Crippen molar-refractivity contribution in [3.05, 3.63) is 387 Å². The van der Waals surface area contributed by atoms with Gasteiger partial charge in [-0.15, -0.1) is 0 Å². The molecule has 0 radical (unpaired) electrons. The molecule has 0 aliphatic heterocycles. The number of allylic oxidation sites excluding steroid dienone is 1. The molecule has 0 heterocycles. The molecular formula is C114H114F14O6. The van der Waals surface area contributed by atoms with E-state index < -0.39 is 81.4 Å². The number of hydrogen-bond acceptors (Lipinski definition) is 6. The van der Waals surface area contributed by atoms with Crippen molar-refractivity contribution < 1.29 is 89.9 Å². The lowest BCUT2D eigenvalue weighted by Gasteiger charge is -2.10. The van der Waals surface area contributed by atoms with E-state index in [1.165, 1.54) is 59.7 Å². The highest BCUT2D eigenvalue weighted by molar-refractivity contribution is 5.72. The molecule has 0 saturated carbocycles. The Morgan fingerprint density at radius 1 is 0.216 bits per heavy atom. The molecular weight excluding hydrogens is 1730 g/mol. The molecule has 0 unspecified atom stereocenters. The number of hydrogen-bond donors (Lipinski definition) is 0. The third kappa shape index (κ3) is 29.6. The topological polar surface area (TPSA) is 55.4 Å². The van der Waals surface area contributed by atoms with Crippen molar-refractivity contribution in [1.82, 2.24) is 0 Å². The predicted molar refractivity (Wildman–Crippen MR) is 514 cm³/mol. The zero-order valence-electron chi connectivity index (χ0n) is 78.0. The average Bonchev–Trinajstić information content (AvgIpc) is 0.838. The first-order chi connectivity index (χ1) is 64.5. The minimum atomic E-state index is -0.935. The van der Waals surface area contributed by atoms with Crippen LogP contribution in [-0.4, -0.2) is 39.6 Å². The fourth-order valence-corrected chi connectivity index (χ4v) is 13.6. The maximum absolute atomic E-state index is 14.1. The van der Waals surface area contributed by atoms with Gasteiger partial charge in [0.25, 0.3) is 0 Å². The van der Waals surface area contributed by atoms with Crippen molar-refractivity contribution in [3.8, 4) is 112 Å². The quantitative estimate of drug-likeness (QED) is 0.0360. The molecule has 14 aromatic carbocycles. The van der Waals surface area contributed by atoms with Crippen molar-refractivity contribution in [2.24, 2.45) is 0 Å². The summed E-state index contributed by atoms with van der Waals surface area (Å²) in [7, 11) is 0. The van der Waals surface area contributed by atoms with Crippen LogP contribution in [0.3, 0.4) is 0 Å². The molecule has 0 bridgehead atoms. The number of unbranched alkanes of at least 4 members (excludes halogenated alkanes) is 2. The van der Waals surface area contributed by atoms with E-state index in [4.69, 9.17) is 28.4 Å². The van der Waals surface area contributed by atoms with Gasteiger partial charge in [-0.3, -0.25) is 0 Å². The smallest absolute Gasteiger partial charge is 0.201 e. The van der Waals surface area contributed by atoms with Gasteiger partial charge in [0.2, 0.25) is 34.9 Å². The lowest BCUT2D eigenvalue weighted by Crippen LogP contribution is -2.01. The SMILES string of the molecule is C/C=C/c1ccc(-c2ccc(C)c(F)c2F)cc1.CCCCOc1ccc(-c2ccc(C)cc2)c(F)c1F.CCCCc1ccc(-c2ccc(OCC)c(F)c2F)cc1.CCCc1ccc(-c2ccc(OCC)c(F)c2F)cc1.CCOc1ccc(-c2ccc(C)cc2)c(F)c1F.CCOc1ccc(-c2ccc(C)cc2)c(F)c1F.CCOc1ccc(-c2ccc(CC)cc2)c(F)c1F. The summed E-state index contributed by atoms with van der Waals surface area (Å²) in [5.41, 5.74) is 14.6. The Hall–Kier alpha value is -13.4. The van der Waals surface area contributed by atoms with E-state index >= 15 is 0 Å². The van der Waals surface area contributed by atoms with Gasteiger partial charge >= 0.3 is 0 Å². The molecule has 6 nitrogen and oxygen atoms in total. The van der Waals surface area contributed by atoms with Gasteiger partial charge in [-0.1, -0.05) is 258 Å². The second kappa shape index (κ2) is 54.0. The van der Waals surface area contributed by atoms with Gasteiger partial charge < -0.3 is 28.4 Å². The van der Waals surface area contributed by atoms with Crippen molar-refractivity contribution in [3.63, 3.8) is 0 Å². The molecule has 704 valence electrons. The Bertz CT molecular complexity index is 5960. The molecule has 0 amide bonds. The fourth-order valence-electron chi connectivity index (χ4n) is 13.6. The first-order valence-electron chi connectivity index (χ1n) is 44.9. The van der Waals surface area contributed by atoms with E-state index in [9.17, 15) is 61.5 Å². The second-order valence-corrected chi connectivity index (χ2v) is 30.9. The van der Waals surface area contributed by atoms with E-state index in [1.54, 1.807) is 139 Å². The van der Waals surface area contributed by atoms with Gasteiger partial charge in [0.15, 0.2) is 81.0 Å². The van der Waals surface area contributed by atoms with Gasteiger partial charge in [-0.2, -0.15) is 26.3 Å². The Morgan fingerprint density at radius 3 is 0.694 bits per heavy atom. The zero-order chi connectivity index (χ0) is 97.5. The first-order valence-corrected chi connectivity index (χ1v) is 44.9. The number of halogens is 14. The van der Waals surface area contributed by atoms with E-state index in [-0.39, 0.29) is 67.9 Å². The number of ether oxygens (including phenoxy) is 6. The van der Waals surface area contributed by atoms with Crippen molar-refractivity contribution in [2.75, 3.05) is 39.6 Å². The third-order valence-electron chi connectivity index (χ3n) is 21.0. The lowest BCUT2D eigenvalue weighted by molar-refractivity contribution is 0.289. The molecule has 0 fully saturated rings. The van der Waals surface area contributed by atoms with Crippen molar-refractivity contribution in [1.29, 1.82) is 0 Å². The summed E-state index contributed by atoms with van der Waals surface area (Å²) in [4.78, 5) is 0. The highest BCUT2D eigenvalue weighted by atomic mass is 19.2. The largest absolute Gasteiger partial charge is 0.491 e. The molecule has 134 heavy (non-hydrogen) atoms. The molecule has 0 aliphatic carbocycles. The molecule has 0 aliphatic rings. The summed E-state index contributed by atoms with van der Waals surface area (Å²) in [6, 6.07) is 73.1. The standard InChI is InChI=1S/C18H20F2O.2C17H18F2O.C16H16F2O.C16H14F2.2C15H14F2O/c1-3-5-6-13-7-9-14(10-8-13)15-11-12-16(21-4-2)18(20)17(15)19;1-3-4-11-20-15-10-9-14(16(18)17(15)19)13-7-5-12(2)6-8-13;1-3-5-12-6-8-13(9-7-12)14-10-11-15(20-4-2)17(19)16(14)18;1-3-11-5-7-12(8-6-11)13-9-10-14(19-4-2)16(18)15(13)17;1-3-4-12-6-8-13(9-7-12)14-10-5-11(2)15(17)16(14)18;2*1-3-18-13-9-8-12(14(16)15(13)17)11-6-4-10(2)5-7-11/h7-12H,3-6H2,1-2H3;5-10H,3-4,11H2,1-2H3;6-11H,3-5H2,1-2H3;5-10H,3-4H2,1-2H3;3-10H,1-2H3;2*4-9H,3H2,1-2H3/b;;;;4-3+;;. The Morgan fingerprint density at radius 2 is 0.448 bits per heavy atom. The van der Waals surface area contributed by atoms with Crippen LogP contribution in [0, 0.1) is 109 Å². The second-order valence-electron chi connectivity index (χ2n) is 30.9. The van der Waals surface area contributed by atoms with Crippen molar-refractivity contribution in [2.45, 2.75) is 148 Å². The van der Waals surface area contributed by atoms with E-state index in [0.29, 0.717) is 89.7 Å². The maximum atomic E-state index is 14.1. The minimum absolute atomic E-state index is 0.0215. The number of benzene rings is 14. The molecule has 0 N–H and O–H groups in total. The number of rotatable bonds is 28. The van der Waals surface area contributed by atoms with Crippen LogP contribution >= 0.6 is 0 Å². The predicted octanol–water partition coefficient (Wildman–Crippen LogP) is 33.7. The number of aryl methyl sites for hydroxylation is 7. The highest BCUT2D eigenvalue weighted by Crippen LogP contribution is 2.38. The lowest BCUT2D eigenvalue weighted by atomic mass is 10.0. The fraction of sp³-hybridized carbons (Fsp3) is 0.246. The summed E-state index contributed by atoms with van der Waals surface area (Å²) >= 11 is 0. The molecule has 0 saturated heterocycles. The molecule has 20 heteroatoms. The summed E-state index contributed by atoms with van der Waals surface area (Å²) in [5.74, 6) is -12.6. The van der Waals surface area contributed by atoms with E-state index in [0.717, 1.165) is 79.2 Å². The normalized spacial score (nSPS) is 10.6. The van der Waals surface area contributed by atoms with Gasteiger partial charge in [-0.25, -0.2) is 35.1 Å². The van der Waals surface area contributed by atoms with Crippen LogP contribution in [0.25, 0.3) is 84.0 Å².